The maximum Gasteiger partial charge on any atom is 0.303 e. The summed E-state index contributed by atoms with van der Waals surface area (Å²) in [6, 6.07) is 3.67. The Bertz CT molecular complexity index is 480. The molecule has 1 heterocycles. The minimum atomic E-state index is -0.761. The van der Waals surface area contributed by atoms with Crippen molar-refractivity contribution in [2.45, 2.75) is 24.3 Å². The summed E-state index contributed by atoms with van der Waals surface area (Å²) in [5.41, 5.74) is 0.400. The number of carboxylic acid groups (broad SMARTS) is 1. The second-order valence-electron chi connectivity index (χ2n) is 4.22. The topological polar surface area (TPSA) is 86.9 Å². The van der Waals surface area contributed by atoms with E-state index < -0.39 is 5.97 Å². The molecule has 1 N–H and O–H groups in total. The molecule has 5 nitrogen and oxygen atoms in total. The van der Waals surface area contributed by atoms with Crippen LogP contribution in [0.3, 0.4) is 0 Å². The molecule has 1 aliphatic carbocycles. The summed E-state index contributed by atoms with van der Waals surface area (Å²) in [5, 5.41) is 25.9. The summed E-state index contributed by atoms with van der Waals surface area (Å²) in [6.07, 6.45) is 3.55. The van der Waals surface area contributed by atoms with E-state index in [0.29, 0.717) is 16.3 Å². The van der Waals surface area contributed by atoms with E-state index in [1.807, 2.05) is 0 Å². The molecule has 1 aliphatic rings. The minimum absolute atomic E-state index is 0.0965. The summed E-state index contributed by atoms with van der Waals surface area (Å²) < 4.78 is 0. The smallest absolute Gasteiger partial charge is 0.303 e. The number of hydrogen-bond acceptors (Lipinski definition) is 5. The van der Waals surface area contributed by atoms with Crippen LogP contribution in [-0.4, -0.2) is 27.0 Å². The number of carboxylic acids is 1. The molecule has 1 aromatic heterocycles. The quantitative estimate of drug-likeness (QED) is 0.799. The highest BCUT2D eigenvalue weighted by atomic mass is 32.2. The molecule has 0 bridgehead atoms. The van der Waals surface area contributed by atoms with Gasteiger partial charge in [0.05, 0.1) is 18.2 Å². The van der Waals surface area contributed by atoms with Crippen molar-refractivity contribution in [2.24, 2.45) is 5.41 Å². The number of nitrogens with zero attached hydrogens (tertiary/aromatic N) is 3. The molecule has 1 saturated carbocycles. The molecular weight excluding hydrogens is 238 g/mol. The van der Waals surface area contributed by atoms with Crippen molar-refractivity contribution in [1.82, 2.24) is 10.2 Å². The Hall–Kier alpha value is -1.61. The summed E-state index contributed by atoms with van der Waals surface area (Å²) >= 11 is 1.42. The predicted molar refractivity (Wildman–Crippen MR) is 61.4 cm³/mol. The summed E-state index contributed by atoms with van der Waals surface area (Å²) in [4.78, 5) is 10.7. The van der Waals surface area contributed by atoms with Gasteiger partial charge in [-0.15, -0.1) is 16.9 Å². The third-order valence-electron chi connectivity index (χ3n) is 2.81. The minimum Gasteiger partial charge on any atom is -0.481 e. The molecular formula is C11H11N3O2S. The van der Waals surface area contributed by atoms with Crippen LogP contribution < -0.4 is 0 Å². The molecule has 6 heteroatoms. The van der Waals surface area contributed by atoms with Gasteiger partial charge in [-0.1, -0.05) is 0 Å². The zero-order valence-corrected chi connectivity index (χ0v) is 9.90. The second kappa shape index (κ2) is 4.72. The molecule has 2 rings (SSSR count). The van der Waals surface area contributed by atoms with Crippen LogP contribution in [-0.2, 0) is 4.79 Å². The van der Waals surface area contributed by atoms with E-state index in [4.69, 9.17) is 10.4 Å². The molecule has 0 aliphatic heterocycles. The predicted octanol–water partition coefficient (Wildman–Crippen LogP) is 1.70. The molecule has 0 aromatic carbocycles. The Morgan fingerprint density at radius 2 is 2.41 bits per heavy atom. The Balaban J connectivity index is 1.99. The zero-order chi connectivity index (χ0) is 12.3. The van der Waals surface area contributed by atoms with Crippen LogP contribution in [0.25, 0.3) is 0 Å². The number of rotatable bonds is 5. The van der Waals surface area contributed by atoms with Crippen LogP contribution in [0.5, 0.6) is 0 Å². The molecule has 0 unspecified atom stereocenters. The first-order valence-electron chi connectivity index (χ1n) is 5.22. The fourth-order valence-electron chi connectivity index (χ4n) is 1.60. The van der Waals surface area contributed by atoms with Crippen LogP contribution in [0.2, 0.25) is 0 Å². The zero-order valence-electron chi connectivity index (χ0n) is 9.09. The highest BCUT2D eigenvalue weighted by molar-refractivity contribution is 7.99. The van der Waals surface area contributed by atoms with E-state index in [1.165, 1.54) is 18.0 Å². The normalized spacial score (nSPS) is 16.2. The standard InChI is InChI=1S/C11H11N3O2S/c12-6-8-1-4-13-14-10(8)17-7-11(2-3-11)5-9(15)16/h1,4H,2-3,5,7H2,(H,15,16). The van der Waals surface area contributed by atoms with E-state index in [0.717, 1.165) is 12.8 Å². The Kier molecular flexibility index (Phi) is 3.29. The third-order valence-corrected chi connectivity index (χ3v) is 4.14. The number of aliphatic carboxylic acids is 1. The second-order valence-corrected chi connectivity index (χ2v) is 5.19. The Morgan fingerprint density at radius 1 is 1.65 bits per heavy atom. The lowest BCUT2D eigenvalue weighted by molar-refractivity contribution is -0.138. The third kappa shape index (κ3) is 2.94. The van der Waals surface area contributed by atoms with Gasteiger partial charge in [0.2, 0.25) is 0 Å². The van der Waals surface area contributed by atoms with Crippen LogP contribution in [0.4, 0.5) is 0 Å². The van der Waals surface area contributed by atoms with E-state index in [-0.39, 0.29) is 11.8 Å². The van der Waals surface area contributed by atoms with Crippen LogP contribution in [0.1, 0.15) is 24.8 Å². The fraction of sp³-hybridized carbons (Fsp3) is 0.455. The van der Waals surface area contributed by atoms with Gasteiger partial charge in [0.25, 0.3) is 0 Å². The van der Waals surface area contributed by atoms with Gasteiger partial charge in [0.15, 0.2) is 0 Å². The van der Waals surface area contributed by atoms with Gasteiger partial charge in [0, 0.05) is 5.75 Å². The maximum atomic E-state index is 10.7. The van der Waals surface area contributed by atoms with Crippen molar-refractivity contribution in [3.63, 3.8) is 0 Å². The van der Waals surface area contributed by atoms with Crippen molar-refractivity contribution in [2.75, 3.05) is 5.75 Å². The molecule has 0 atom stereocenters. The van der Waals surface area contributed by atoms with Gasteiger partial charge in [-0.2, -0.15) is 10.4 Å². The maximum absolute atomic E-state index is 10.7. The van der Waals surface area contributed by atoms with Gasteiger partial charge in [-0.05, 0) is 24.3 Å². The molecule has 0 radical (unpaired) electrons. The molecule has 0 amide bonds. The van der Waals surface area contributed by atoms with Crippen LogP contribution in [0.15, 0.2) is 17.3 Å². The van der Waals surface area contributed by atoms with Crippen LogP contribution in [0, 0.1) is 16.7 Å². The van der Waals surface area contributed by atoms with E-state index in [1.54, 1.807) is 6.07 Å². The van der Waals surface area contributed by atoms with Crippen molar-refractivity contribution in [1.29, 1.82) is 5.26 Å². The average molecular weight is 249 g/mol. The first kappa shape index (κ1) is 11.9. The Morgan fingerprint density at radius 3 is 3.00 bits per heavy atom. The lowest BCUT2D eigenvalue weighted by Crippen LogP contribution is -2.11. The van der Waals surface area contributed by atoms with Gasteiger partial charge >= 0.3 is 5.97 Å². The molecule has 1 fully saturated rings. The molecule has 0 saturated heterocycles. The summed E-state index contributed by atoms with van der Waals surface area (Å²) in [5.74, 6) is -0.0742. The molecule has 17 heavy (non-hydrogen) atoms. The number of aromatic nitrogens is 2. The number of nitriles is 1. The lowest BCUT2D eigenvalue weighted by atomic mass is 10.1. The van der Waals surface area contributed by atoms with Crippen molar-refractivity contribution in [3.8, 4) is 6.07 Å². The van der Waals surface area contributed by atoms with Gasteiger partial charge in [0.1, 0.15) is 11.1 Å². The first-order chi connectivity index (χ1) is 8.15. The molecule has 1 aromatic rings. The van der Waals surface area contributed by atoms with E-state index in [2.05, 4.69) is 16.3 Å². The first-order valence-corrected chi connectivity index (χ1v) is 6.20. The van der Waals surface area contributed by atoms with E-state index in [9.17, 15) is 4.79 Å². The van der Waals surface area contributed by atoms with Crippen molar-refractivity contribution < 1.29 is 9.90 Å². The van der Waals surface area contributed by atoms with Gasteiger partial charge in [-0.25, -0.2) is 0 Å². The average Bonchev–Trinajstić information content (AvgIpc) is 3.06. The molecule has 0 spiro atoms. The Labute approximate surface area is 103 Å². The monoisotopic (exact) mass is 249 g/mol. The largest absolute Gasteiger partial charge is 0.481 e. The van der Waals surface area contributed by atoms with Crippen molar-refractivity contribution >= 4 is 17.7 Å². The van der Waals surface area contributed by atoms with Crippen LogP contribution >= 0.6 is 11.8 Å². The SMILES string of the molecule is N#Cc1ccnnc1SCC1(CC(=O)O)CC1. The summed E-state index contributed by atoms with van der Waals surface area (Å²) in [7, 11) is 0. The molecule has 88 valence electrons. The highest BCUT2D eigenvalue weighted by Gasteiger charge is 2.44. The summed E-state index contributed by atoms with van der Waals surface area (Å²) in [6.45, 7) is 0. The fourth-order valence-corrected chi connectivity index (χ4v) is 2.81. The van der Waals surface area contributed by atoms with Gasteiger partial charge in [-0.3, -0.25) is 4.79 Å². The number of thioether (sulfide) groups is 1. The lowest BCUT2D eigenvalue weighted by Gasteiger charge is -2.11. The number of carbonyl (C=O) groups is 1. The van der Waals surface area contributed by atoms with Crippen molar-refractivity contribution in [3.05, 3.63) is 17.8 Å². The van der Waals surface area contributed by atoms with Gasteiger partial charge < -0.3 is 5.11 Å². The number of hydrogen-bond donors (Lipinski definition) is 1. The van der Waals surface area contributed by atoms with E-state index >= 15 is 0 Å². The highest BCUT2D eigenvalue weighted by Crippen LogP contribution is 2.51.